The Labute approximate surface area is 146 Å². The molecule has 0 saturated carbocycles. The number of morpholine rings is 1. The minimum absolute atomic E-state index is 0.0208. The first kappa shape index (κ1) is 18.3. The van der Waals surface area contributed by atoms with Gasteiger partial charge in [-0.05, 0) is 18.2 Å². The van der Waals surface area contributed by atoms with Crippen LogP contribution in [0.1, 0.15) is 0 Å². The summed E-state index contributed by atoms with van der Waals surface area (Å²) in [6.45, 7) is 2.43. The Morgan fingerprint density at radius 1 is 1.16 bits per heavy atom. The second-order valence-corrected chi connectivity index (χ2v) is 7.25. The molecule has 128 valence electrons. The van der Waals surface area contributed by atoms with Gasteiger partial charge in [0.05, 0.1) is 23.8 Å². The van der Waals surface area contributed by atoms with Crippen LogP contribution >= 0.6 is 0 Å². The number of hydrogen-bond acceptors (Lipinski definition) is 8. The lowest BCUT2D eigenvalue weighted by Crippen LogP contribution is -2.36. The number of nitrogens with one attached hydrogen (secondary N) is 1. The van der Waals surface area contributed by atoms with Gasteiger partial charge >= 0.3 is 0 Å². The van der Waals surface area contributed by atoms with E-state index in [0.29, 0.717) is 26.3 Å². The molecule has 9 heteroatoms. The molecule has 0 unspecified atom stereocenters. The largest absolute Gasteiger partial charge is 0.378 e. The second kappa shape index (κ2) is 7.67. The molecular weight excluding hydrogens is 342 g/mol. The summed E-state index contributed by atoms with van der Waals surface area (Å²) in [5, 5.41) is 29.7. The first-order valence-electron chi connectivity index (χ1n) is 7.29. The van der Waals surface area contributed by atoms with Crippen LogP contribution in [0.2, 0.25) is 0 Å². The Morgan fingerprint density at radius 2 is 1.80 bits per heavy atom. The van der Waals surface area contributed by atoms with Crippen LogP contribution in [-0.4, -0.2) is 41.0 Å². The molecule has 0 spiro atoms. The van der Waals surface area contributed by atoms with E-state index in [1.54, 1.807) is 30.3 Å². The Kier molecular flexibility index (Phi) is 5.61. The fourth-order valence-corrected chi connectivity index (χ4v) is 3.20. The molecule has 0 amide bonds. The van der Waals surface area contributed by atoms with Crippen LogP contribution < -0.4 is 10.2 Å². The maximum Gasteiger partial charge on any atom is 0.177 e. The predicted molar refractivity (Wildman–Crippen MR) is 90.1 cm³/mol. The maximum atomic E-state index is 12.0. The lowest BCUT2D eigenvalue weighted by atomic mass is 10.2. The molecule has 0 bridgehead atoms. The maximum absolute atomic E-state index is 12.0. The highest BCUT2D eigenvalue weighted by Crippen LogP contribution is 2.29. The Bertz CT molecular complexity index is 910. The summed E-state index contributed by atoms with van der Waals surface area (Å²) in [5.74, 6) is 0. The lowest BCUT2D eigenvalue weighted by Gasteiger charge is -2.29. The number of sulfone groups is 1. The van der Waals surface area contributed by atoms with E-state index < -0.39 is 15.4 Å². The SMILES string of the molecule is CS(=O)(=O)c1ccc(N2CCOCC2)cc1NC(C#N)=C(C#N)C#N. The van der Waals surface area contributed by atoms with E-state index in [4.69, 9.17) is 15.3 Å². The van der Waals surface area contributed by atoms with Crippen molar-refractivity contribution in [2.24, 2.45) is 0 Å². The summed E-state index contributed by atoms with van der Waals surface area (Å²) >= 11 is 0. The van der Waals surface area contributed by atoms with E-state index in [2.05, 4.69) is 5.32 Å². The number of nitrogens with zero attached hydrogens (tertiary/aromatic N) is 4. The van der Waals surface area contributed by atoms with E-state index in [1.165, 1.54) is 6.07 Å². The molecule has 1 saturated heterocycles. The number of anilines is 2. The van der Waals surface area contributed by atoms with Gasteiger partial charge in [-0.1, -0.05) is 0 Å². The van der Waals surface area contributed by atoms with E-state index in [-0.39, 0.29) is 16.3 Å². The summed E-state index contributed by atoms with van der Waals surface area (Å²) in [5.41, 5.74) is 0.185. The smallest absolute Gasteiger partial charge is 0.177 e. The minimum atomic E-state index is -3.58. The molecule has 0 radical (unpaired) electrons. The number of ether oxygens (including phenoxy) is 1. The Balaban J connectivity index is 2.53. The van der Waals surface area contributed by atoms with Gasteiger partial charge in [-0.2, -0.15) is 15.8 Å². The molecule has 0 aromatic heterocycles. The van der Waals surface area contributed by atoms with E-state index in [9.17, 15) is 13.7 Å². The average molecular weight is 357 g/mol. The van der Waals surface area contributed by atoms with Crippen molar-refractivity contribution in [2.45, 2.75) is 4.90 Å². The predicted octanol–water partition coefficient (Wildman–Crippen LogP) is 1.16. The molecule has 1 aromatic carbocycles. The molecule has 1 aliphatic rings. The molecular formula is C16H15N5O3S. The summed E-state index contributed by atoms with van der Waals surface area (Å²) in [7, 11) is -3.58. The van der Waals surface area contributed by atoms with Crippen molar-refractivity contribution in [1.29, 1.82) is 15.8 Å². The zero-order valence-corrected chi connectivity index (χ0v) is 14.3. The van der Waals surface area contributed by atoms with Gasteiger partial charge < -0.3 is 15.0 Å². The van der Waals surface area contributed by atoms with Gasteiger partial charge in [-0.15, -0.1) is 0 Å². The first-order valence-corrected chi connectivity index (χ1v) is 9.18. The van der Waals surface area contributed by atoms with Crippen LogP contribution in [0.15, 0.2) is 34.4 Å². The molecule has 25 heavy (non-hydrogen) atoms. The van der Waals surface area contributed by atoms with Gasteiger partial charge in [0.1, 0.15) is 23.9 Å². The van der Waals surface area contributed by atoms with Crippen LogP contribution in [0.4, 0.5) is 11.4 Å². The van der Waals surface area contributed by atoms with Crippen LogP contribution in [0.3, 0.4) is 0 Å². The highest BCUT2D eigenvalue weighted by molar-refractivity contribution is 7.90. The summed E-state index contributed by atoms with van der Waals surface area (Å²) < 4.78 is 29.3. The third-order valence-corrected chi connectivity index (χ3v) is 4.74. The summed E-state index contributed by atoms with van der Waals surface area (Å²) in [4.78, 5) is 2.00. The van der Waals surface area contributed by atoms with Crippen molar-refractivity contribution < 1.29 is 13.2 Å². The first-order chi connectivity index (χ1) is 11.9. The number of rotatable bonds is 4. The normalized spacial score (nSPS) is 13.9. The average Bonchev–Trinajstić information content (AvgIpc) is 2.61. The molecule has 0 aliphatic carbocycles. The monoisotopic (exact) mass is 357 g/mol. The third kappa shape index (κ3) is 4.27. The van der Waals surface area contributed by atoms with Crippen molar-refractivity contribution in [2.75, 3.05) is 42.8 Å². The molecule has 8 nitrogen and oxygen atoms in total. The highest BCUT2D eigenvalue weighted by Gasteiger charge is 2.19. The zero-order valence-electron chi connectivity index (χ0n) is 13.5. The van der Waals surface area contributed by atoms with Crippen molar-refractivity contribution >= 4 is 21.2 Å². The van der Waals surface area contributed by atoms with E-state index in [1.807, 2.05) is 4.90 Å². The number of nitriles is 3. The van der Waals surface area contributed by atoms with Crippen LogP contribution in [-0.2, 0) is 14.6 Å². The molecule has 1 aromatic rings. The fourth-order valence-electron chi connectivity index (χ4n) is 2.38. The fraction of sp³-hybridized carbons (Fsp3) is 0.312. The van der Waals surface area contributed by atoms with Crippen molar-refractivity contribution in [1.82, 2.24) is 0 Å². The highest BCUT2D eigenvalue weighted by atomic mass is 32.2. The molecule has 2 rings (SSSR count). The summed E-state index contributed by atoms with van der Waals surface area (Å²) in [6.07, 6.45) is 1.05. The van der Waals surface area contributed by atoms with Gasteiger partial charge in [0, 0.05) is 25.0 Å². The van der Waals surface area contributed by atoms with Crippen molar-refractivity contribution in [3.63, 3.8) is 0 Å². The standard InChI is InChI=1S/C16H15N5O3S/c1-25(22,23)16-3-2-13(21-4-6-24-7-5-21)8-14(16)20-15(11-19)12(9-17)10-18/h2-3,8,20H,4-7H2,1H3. The third-order valence-electron chi connectivity index (χ3n) is 3.58. The van der Waals surface area contributed by atoms with E-state index >= 15 is 0 Å². The molecule has 1 fully saturated rings. The van der Waals surface area contributed by atoms with Gasteiger partial charge in [0.25, 0.3) is 0 Å². The van der Waals surface area contributed by atoms with Gasteiger partial charge in [-0.3, -0.25) is 0 Å². The van der Waals surface area contributed by atoms with Gasteiger partial charge in [0.2, 0.25) is 0 Å². The minimum Gasteiger partial charge on any atom is -0.378 e. The van der Waals surface area contributed by atoms with Crippen molar-refractivity contribution in [3.05, 3.63) is 29.5 Å². The lowest BCUT2D eigenvalue weighted by molar-refractivity contribution is 0.122. The second-order valence-electron chi connectivity index (χ2n) is 5.26. The molecule has 0 atom stereocenters. The zero-order chi connectivity index (χ0) is 18.4. The molecule has 1 aliphatic heterocycles. The molecule has 1 heterocycles. The summed E-state index contributed by atoms with van der Waals surface area (Å²) in [6, 6.07) is 9.67. The quantitative estimate of drug-likeness (QED) is 0.795. The van der Waals surface area contributed by atoms with Gasteiger partial charge in [0.15, 0.2) is 15.4 Å². The van der Waals surface area contributed by atoms with Crippen LogP contribution in [0.5, 0.6) is 0 Å². The molecule has 1 N–H and O–H groups in total. The van der Waals surface area contributed by atoms with Crippen molar-refractivity contribution in [3.8, 4) is 18.2 Å². The Hall–Kier alpha value is -3.06. The van der Waals surface area contributed by atoms with Crippen LogP contribution in [0.25, 0.3) is 0 Å². The van der Waals surface area contributed by atoms with E-state index in [0.717, 1.165) is 11.9 Å². The number of benzene rings is 1. The number of allylic oxidation sites excluding steroid dienone is 2. The topological polar surface area (TPSA) is 130 Å². The van der Waals surface area contributed by atoms with Crippen LogP contribution in [0, 0.1) is 34.0 Å². The Morgan fingerprint density at radius 3 is 2.32 bits per heavy atom. The van der Waals surface area contributed by atoms with Gasteiger partial charge in [-0.25, -0.2) is 8.42 Å². The number of hydrogen-bond donors (Lipinski definition) is 1.